The van der Waals surface area contributed by atoms with Gasteiger partial charge in [-0.25, -0.2) is 4.68 Å². The molecule has 124 valence electrons. The normalized spacial score (nSPS) is 16.0. The van der Waals surface area contributed by atoms with Crippen molar-refractivity contribution < 1.29 is 5.11 Å². The van der Waals surface area contributed by atoms with E-state index in [1.807, 2.05) is 4.68 Å². The highest BCUT2D eigenvalue weighted by Crippen LogP contribution is 2.28. The monoisotopic (exact) mass is 313 g/mol. The maximum atomic E-state index is 9.61. The molecular formula is C19H27N3O. The molecule has 1 N–H and O–H groups in total. The molecule has 1 aliphatic carbocycles. The lowest BCUT2D eigenvalue weighted by atomic mass is 9.85. The highest BCUT2D eigenvalue weighted by atomic mass is 16.3. The number of hydrogen-bond acceptors (Lipinski definition) is 3. The largest absolute Gasteiger partial charge is 0.390 e. The number of nitrogens with zero attached hydrogens (tertiary/aromatic N) is 3. The number of benzene rings is 1. The van der Waals surface area contributed by atoms with E-state index in [0.29, 0.717) is 0 Å². The van der Waals surface area contributed by atoms with Crippen molar-refractivity contribution in [2.75, 3.05) is 0 Å². The first-order chi connectivity index (χ1) is 11.2. The Hall–Kier alpha value is -1.68. The van der Waals surface area contributed by atoms with Crippen LogP contribution in [0.15, 0.2) is 18.2 Å². The zero-order valence-corrected chi connectivity index (χ0v) is 14.3. The molecule has 2 aromatic rings. The zero-order chi connectivity index (χ0) is 16.2. The molecule has 1 aliphatic rings. The maximum Gasteiger partial charge on any atom is 0.112 e. The summed E-state index contributed by atoms with van der Waals surface area (Å²) in [6, 6.07) is 6.43. The third-order valence-electron chi connectivity index (χ3n) is 4.96. The SMILES string of the molecule is Cc1cc(C)cc(-n2nnc(CO)c2CCC2CCCCC2)c1. The van der Waals surface area contributed by atoms with Gasteiger partial charge >= 0.3 is 0 Å². The smallest absolute Gasteiger partial charge is 0.112 e. The molecule has 4 nitrogen and oxygen atoms in total. The Morgan fingerprint density at radius 1 is 1.09 bits per heavy atom. The van der Waals surface area contributed by atoms with Crippen molar-refractivity contribution in [3.8, 4) is 5.69 Å². The van der Waals surface area contributed by atoms with Crippen molar-refractivity contribution in [3.63, 3.8) is 0 Å². The van der Waals surface area contributed by atoms with Crippen LogP contribution in [-0.2, 0) is 13.0 Å². The van der Waals surface area contributed by atoms with Gasteiger partial charge in [0.1, 0.15) is 5.69 Å². The molecule has 23 heavy (non-hydrogen) atoms. The molecule has 0 bridgehead atoms. The van der Waals surface area contributed by atoms with Crippen molar-refractivity contribution in [3.05, 3.63) is 40.7 Å². The molecule has 0 atom stereocenters. The van der Waals surface area contributed by atoms with Gasteiger partial charge in [-0.05, 0) is 55.9 Å². The number of rotatable bonds is 5. The van der Waals surface area contributed by atoms with Gasteiger partial charge in [-0.1, -0.05) is 43.4 Å². The first kappa shape index (κ1) is 16.2. The minimum absolute atomic E-state index is 0.0369. The van der Waals surface area contributed by atoms with E-state index in [1.54, 1.807) is 0 Å². The van der Waals surface area contributed by atoms with Crippen LogP contribution >= 0.6 is 0 Å². The lowest BCUT2D eigenvalue weighted by molar-refractivity contribution is 0.274. The van der Waals surface area contributed by atoms with Crippen molar-refractivity contribution >= 4 is 0 Å². The van der Waals surface area contributed by atoms with E-state index in [9.17, 15) is 5.11 Å². The summed E-state index contributed by atoms with van der Waals surface area (Å²) < 4.78 is 1.92. The minimum atomic E-state index is -0.0369. The van der Waals surface area contributed by atoms with Gasteiger partial charge in [-0.15, -0.1) is 5.10 Å². The highest BCUT2D eigenvalue weighted by Gasteiger charge is 2.18. The average Bonchev–Trinajstić information content (AvgIpc) is 2.96. The van der Waals surface area contributed by atoms with Crippen LogP contribution in [0.1, 0.15) is 61.0 Å². The van der Waals surface area contributed by atoms with Crippen LogP contribution in [0.5, 0.6) is 0 Å². The second kappa shape index (κ2) is 7.26. The molecule has 4 heteroatoms. The highest BCUT2D eigenvalue weighted by molar-refractivity contribution is 5.40. The number of hydrogen-bond donors (Lipinski definition) is 1. The Balaban J connectivity index is 1.84. The predicted molar refractivity (Wildman–Crippen MR) is 91.7 cm³/mol. The Morgan fingerprint density at radius 3 is 2.43 bits per heavy atom. The molecule has 0 spiro atoms. The van der Waals surface area contributed by atoms with Crippen LogP contribution in [0.4, 0.5) is 0 Å². The summed E-state index contributed by atoms with van der Waals surface area (Å²) in [4.78, 5) is 0. The fraction of sp³-hybridized carbons (Fsp3) is 0.579. The maximum absolute atomic E-state index is 9.61. The molecule has 1 heterocycles. The van der Waals surface area contributed by atoms with E-state index in [-0.39, 0.29) is 6.61 Å². The Bertz CT molecular complexity index is 636. The summed E-state index contributed by atoms with van der Waals surface area (Å²) in [5.41, 5.74) is 5.29. The number of aromatic nitrogens is 3. The van der Waals surface area contributed by atoms with E-state index in [0.717, 1.165) is 29.4 Å². The third kappa shape index (κ3) is 3.81. The second-order valence-corrected chi connectivity index (χ2v) is 6.94. The minimum Gasteiger partial charge on any atom is -0.390 e. The molecule has 0 saturated heterocycles. The van der Waals surface area contributed by atoms with Gasteiger partial charge in [0.2, 0.25) is 0 Å². The molecule has 1 saturated carbocycles. The summed E-state index contributed by atoms with van der Waals surface area (Å²) in [6.07, 6.45) is 8.93. The molecule has 0 radical (unpaired) electrons. The van der Waals surface area contributed by atoms with Crippen molar-refractivity contribution in [1.82, 2.24) is 15.0 Å². The standard InChI is InChI=1S/C19H27N3O/c1-14-10-15(2)12-17(11-14)22-19(18(13-23)20-21-22)9-8-16-6-4-3-5-7-16/h10-12,16,23H,3-9,13H2,1-2H3. The van der Waals surface area contributed by atoms with Crippen LogP contribution < -0.4 is 0 Å². The second-order valence-electron chi connectivity index (χ2n) is 6.94. The Morgan fingerprint density at radius 2 is 1.78 bits per heavy atom. The zero-order valence-electron chi connectivity index (χ0n) is 14.3. The van der Waals surface area contributed by atoms with Crippen LogP contribution in [-0.4, -0.2) is 20.1 Å². The summed E-state index contributed by atoms with van der Waals surface area (Å²) in [5.74, 6) is 0.817. The first-order valence-electron chi connectivity index (χ1n) is 8.80. The van der Waals surface area contributed by atoms with Crippen molar-refractivity contribution in [2.24, 2.45) is 5.92 Å². The third-order valence-corrected chi connectivity index (χ3v) is 4.96. The first-order valence-corrected chi connectivity index (χ1v) is 8.80. The quantitative estimate of drug-likeness (QED) is 0.911. The number of aliphatic hydroxyl groups excluding tert-OH is 1. The molecule has 1 aromatic carbocycles. The van der Waals surface area contributed by atoms with Gasteiger partial charge in [0.05, 0.1) is 18.0 Å². The number of aliphatic hydroxyl groups is 1. The lowest BCUT2D eigenvalue weighted by Crippen LogP contribution is -2.11. The van der Waals surface area contributed by atoms with Crippen LogP contribution in [0, 0.1) is 19.8 Å². The van der Waals surface area contributed by atoms with E-state index in [2.05, 4.69) is 42.4 Å². The van der Waals surface area contributed by atoms with Gasteiger partial charge in [-0.3, -0.25) is 0 Å². The van der Waals surface area contributed by atoms with Gasteiger partial charge in [-0.2, -0.15) is 0 Å². The van der Waals surface area contributed by atoms with Gasteiger partial charge < -0.3 is 5.11 Å². The van der Waals surface area contributed by atoms with E-state index in [1.165, 1.54) is 49.7 Å². The Kier molecular flexibility index (Phi) is 5.11. The fourth-order valence-electron chi connectivity index (χ4n) is 3.80. The summed E-state index contributed by atoms with van der Waals surface area (Å²) in [6.45, 7) is 4.16. The van der Waals surface area contributed by atoms with E-state index in [4.69, 9.17) is 0 Å². The molecule has 0 unspecified atom stereocenters. The van der Waals surface area contributed by atoms with Crippen LogP contribution in [0.3, 0.4) is 0 Å². The van der Waals surface area contributed by atoms with E-state index < -0.39 is 0 Å². The predicted octanol–water partition coefficient (Wildman–Crippen LogP) is 3.89. The van der Waals surface area contributed by atoms with Crippen molar-refractivity contribution in [2.45, 2.75) is 65.4 Å². The molecule has 1 aromatic heterocycles. The average molecular weight is 313 g/mol. The number of aryl methyl sites for hydroxylation is 2. The van der Waals surface area contributed by atoms with Gasteiger partial charge in [0, 0.05) is 0 Å². The summed E-state index contributed by atoms with van der Waals surface area (Å²) >= 11 is 0. The molecule has 0 amide bonds. The van der Waals surface area contributed by atoms with Gasteiger partial charge in [0.15, 0.2) is 0 Å². The fourth-order valence-corrected chi connectivity index (χ4v) is 3.80. The molecule has 3 rings (SSSR count). The summed E-state index contributed by atoms with van der Waals surface area (Å²) in [5, 5.41) is 18.1. The molecular weight excluding hydrogens is 286 g/mol. The van der Waals surface area contributed by atoms with Crippen molar-refractivity contribution in [1.29, 1.82) is 0 Å². The summed E-state index contributed by atoms with van der Waals surface area (Å²) in [7, 11) is 0. The van der Waals surface area contributed by atoms with Crippen LogP contribution in [0.25, 0.3) is 5.69 Å². The molecule has 0 aliphatic heterocycles. The topological polar surface area (TPSA) is 50.9 Å². The van der Waals surface area contributed by atoms with Crippen LogP contribution in [0.2, 0.25) is 0 Å². The van der Waals surface area contributed by atoms with Gasteiger partial charge in [0.25, 0.3) is 0 Å². The lowest BCUT2D eigenvalue weighted by Gasteiger charge is -2.21. The molecule has 1 fully saturated rings. The Labute approximate surface area is 138 Å². The van der Waals surface area contributed by atoms with E-state index >= 15 is 0 Å².